The number of ether oxygens (including phenoxy) is 1. The molecular weight excluding hydrogens is 240 g/mol. The van der Waals surface area contributed by atoms with Crippen LogP contribution in [0.15, 0.2) is 29.4 Å². The van der Waals surface area contributed by atoms with Crippen LogP contribution in [0.1, 0.15) is 25.3 Å². The summed E-state index contributed by atoms with van der Waals surface area (Å²) in [6.45, 7) is 4.15. The van der Waals surface area contributed by atoms with E-state index in [1.807, 2.05) is 12.1 Å². The summed E-state index contributed by atoms with van der Waals surface area (Å²) in [7, 11) is 1.68. The average Bonchev–Trinajstić information content (AvgIpc) is 2.44. The lowest BCUT2D eigenvalue weighted by atomic mass is 9.94. The molecule has 4 nitrogen and oxygen atoms in total. The molecule has 1 aliphatic heterocycles. The predicted molar refractivity (Wildman–Crippen MR) is 75.9 cm³/mol. The number of hydrogen-bond donors (Lipinski definition) is 1. The Bertz CT molecular complexity index is 417. The summed E-state index contributed by atoms with van der Waals surface area (Å²) in [5.74, 6) is 1.25. The van der Waals surface area contributed by atoms with Crippen LogP contribution < -0.4 is 4.74 Å². The van der Waals surface area contributed by atoms with E-state index < -0.39 is 0 Å². The lowest BCUT2D eigenvalue weighted by molar-refractivity contribution is 0.133. The number of benzene rings is 1. The number of piperidine rings is 1. The predicted octanol–water partition coefficient (Wildman–Crippen LogP) is 2.76. The van der Waals surface area contributed by atoms with Crippen LogP contribution in [0, 0.1) is 5.92 Å². The van der Waals surface area contributed by atoms with Crippen molar-refractivity contribution in [2.24, 2.45) is 11.1 Å². The van der Waals surface area contributed by atoms with E-state index in [4.69, 9.17) is 9.94 Å². The topological polar surface area (TPSA) is 45.1 Å². The average molecular weight is 262 g/mol. The Kier molecular flexibility index (Phi) is 4.80. The van der Waals surface area contributed by atoms with Crippen LogP contribution in [-0.2, 0) is 6.54 Å². The first-order chi connectivity index (χ1) is 9.22. The first-order valence-electron chi connectivity index (χ1n) is 6.77. The molecule has 1 fully saturated rings. The molecule has 2 unspecified atom stereocenters. The molecule has 2 rings (SSSR count). The van der Waals surface area contributed by atoms with Crippen LogP contribution in [-0.4, -0.2) is 36.0 Å². The third-order valence-electron chi connectivity index (χ3n) is 3.87. The Morgan fingerprint density at radius 2 is 2.11 bits per heavy atom. The van der Waals surface area contributed by atoms with Gasteiger partial charge in [0.1, 0.15) is 5.75 Å². The monoisotopic (exact) mass is 262 g/mol. The molecule has 1 aromatic rings. The zero-order valence-electron chi connectivity index (χ0n) is 11.6. The van der Waals surface area contributed by atoms with Crippen molar-refractivity contribution in [2.75, 3.05) is 13.7 Å². The van der Waals surface area contributed by atoms with E-state index in [-0.39, 0.29) is 0 Å². The smallest absolute Gasteiger partial charge is 0.118 e. The molecule has 4 heteroatoms. The summed E-state index contributed by atoms with van der Waals surface area (Å²) in [6.07, 6.45) is 3.91. The molecular formula is C15H22N2O2. The molecule has 0 radical (unpaired) electrons. The molecule has 1 N–H and O–H groups in total. The summed E-state index contributed by atoms with van der Waals surface area (Å²) in [4.78, 5) is 2.44. The molecule has 0 aromatic heterocycles. The third kappa shape index (κ3) is 3.70. The van der Waals surface area contributed by atoms with Crippen molar-refractivity contribution >= 4 is 6.21 Å². The van der Waals surface area contributed by atoms with Gasteiger partial charge in [-0.3, -0.25) is 4.90 Å². The van der Waals surface area contributed by atoms with E-state index in [0.717, 1.165) is 31.7 Å². The molecule has 19 heavy (non-hydrogen) atoms. The zero-order chi connectivity index (χ0) is 13.7. The lowest BCUT2D eigenvalue weighted by Gasteiger charge is -2.36. The second kappa shape index (κ2) is 6.57. The number of rotatable bonds is 4. The fourth-order valence-corrected chi connectivity index (χ4v) is 2.61. The highest BCUT2D eigenvalue weighted by atomic mass is 16.5. The quantitative estimate of drug-likeness (QED) is 0.515. The summed E-state index contributed by atoms with van der Waals surface area (Å²) < 4.78 is 5.17. The standard InChI is InChI=1S/C15H22N2O2/c1-12-3-4-14(9-16-18)11-17(12)10-13-5-7-15(19-2)8-6-13/h5-9,12,14,18H,3-4,10-11H2,1-2H3. The number of methoxy groups -OCH3 is 1. The molecule has 0 bridgehead atoms. The highest BCUT2D eigenvalue weighted by Gasteiger charge is 2.24. The maximum absolute atomic E-state index is 8.66. The van der Waals surface area contributed by atoms with E-state index >= 15 is 0 Å². The number of likely N-dealkylation sites (tertiary alicyclic amines) is 1. The Balaban J connectivity index is 1.99. The second-order valence-electron chi connectivity index (χ2n) is 5.23. The first kappa shape index (κ1) is 13.9. The maximum atomic E-state index is 8.66. The molecule has 0 spiro atoms. The van der Waals surface area contributed by atoms with E-state index in [2.05, 4.69) is 29.1 Å². The van der Waals surface area contributed by atoms with Crippen molar-refractivity contribution in [3.8, 4) is 5.75 Å². The molecule has 104 valence electrons. The first-order valence-corrected chi connectivity index (χ1v) is 6.77. The van der Waals surface area contributed by atoms with Gasteiger partial charge in [-0.15, -0.1) is 5.16 Å². The van der Waals surface area contributed by atoms with Gasteiger partial charge in [-0.2, -0.15) is 0 Å². The highest BCUT2D eigenvalue weighted by molar-refractivity contribution is 5.60. The van der Waals surface area contributed by atoms with Gasteiger partial charge >= 0.3 is 0 Å². The molecule has 1 aromatic carbocycles. The Hall–Kier alpha value is -1.55. The van der Waals surface area contributed by atoms with Crippen LogP contribution in [0.25, 0.3) is 0 Å². The molecule has 1 heterocycles. The minimum Gasteiger partial charge on any atom is -0.497 e. The van der Waals surface area contributed by atoms with Gasteiger partial charge in [0.05, 0.1) is 7.11 Å². The van der Waals surface area contributed by atoms with Gasteiger partial charge in [-0.05, 0) is 37.5 Å². The maximum Gasteiger partial charge on any atom is 0.118 e. The van der Waals surface area contributed by atoms with E-state index in [1.54, 1.807) is 13.3 Å². The van der Waals surface area contributed by atoms with Crippen LogP contribution in [0.4, 0.5) is 0 Å². The normalized spacial score (nSPS) is 24.7. The number of oxime groups is 1. The van der Waals surface area contributed by atoms with Crippen LogP contribution >= 0.6 is 0 Å². The summed E-state index contributed by atoms with van der Waals surface area (Å²) in [5.41, 5.74) is 1.29. The summed E-state index contributed by atoms with van der Waals surface area (Å²) >= 11 is 0. The number of hydrogen-bond acceptors (Lipinski definition) is 4. The van der Waals surface area contributed by atoms with Gasteiger partial charge in [0.15, 0.2) is 0 Å². The fraction of sp³-hybridized carbons (Fsp3) is 0.533. The van der Waals surface area contributed by atoms with E-state index in [0.29, 0.717) is 12.0 Å². The van der Waals surface area contributed by atoms with Gasteiger partial charge in [-0.1, -0.05) is 12.1 Å². The molecule has 2 atom stereocenters. The van der Waals surface area contributed by atoms with Crippen LogP contribution in [0.5, 0.6) is 5.75 Å². The van der Waals surface area contributed by atoms with Gasteiger partial charge < -0.3 is 9.94 Å². The van der Waals surface area contributed by atoms with Crippen molar-refractivity contribution in [3.63, 3.8) is 0 Å². The molecule has 1 saturated heterocycles. The van der Waals surface area contributed by atoms with Gasteiger partial charge in [0, 0.05) is 31.3 Å². The van der Waals surface area contributed by atoms with Crippen molar-refractivity contribution in [2.45, 2.75) is 32.4 Å². The summed E-state index contributed by atoms with van der Waals surface area (Å²) in [5, 5.41) is 11.8. The van der Waals surface area contributed by atoms with Crippen molar-refractivity contribution in [1.82, 2.24) is 4.90 Å². The van der Waals surface area contributed by atoms with E-state index in [1.165, 1.54) is 5.56 Å². The van der Waals surface area contributed by atoms with Crippen molar-refractivity contribution in [3.05, 3.63) is 29.8 Å². The molecule has 0 amide bonds. The highest BCUT2D eigenvalue weighted by Crippen LogP contribution is 2.23. The minimum atomic E-state index is 0.361. The van der Waals surface area contributed by atoms with Gasteiger partial charge in [-0.25, -0.2) is 0 Å². The second-order valence-corrected chi connectivity index (χ2v) is 5.23. The van der Waals surface area contributed by atoms with Gasteiger partial charge in [0.25, 0.3) is 0 Å². The Morgan fingerprint density at radius 1 is 1.37 bits per heavy atom. The lowest BCUT2D eigenvalue weighted by Crippen LogP contribution is -2.41. The van der Waals surface area contributed by atoms with E-state index in [9.17, 15) is 0 Å². The Morgan fingerprint density at radius 3 is 2.74 bits per heavy atom. The Labute approximate surface area is 114 Å². The zero-order valence-corrected chi connectivity index (χ0v) is 11.6. The van der Waals surface area contributed by atoms with Crippen LogP contribution in [0.3, 0.4) is 0 Å². The molecule has 0 saturated carbocycles. The van der Waals surface area contributed by atoms with Crippen molar-refractivity contribution < 1.29 is 9.94 Å². The molecule has 0 aliphatic carbocycles. The largest absolute Gasteiger partial charge is 0.497 e. The number of nitrogens with zero attached hydrogens (tertiary/aromatic N) is 2. The SMILES string of the molecule is COc1ccc(CN2CC(C=NO)CCC2C)cc1. The summed E-state index contributed by atoms with van der Waals surface area (Å²) in [6, 6.07) is 8.78. The third-order valence-corrected chi connectivity index (χ3v) is 3.87. The minimum absolute atomic E-state index is 0.361. The fourth-order valence-electron chi connectivity index (χ4n) is 2.61. The molecule has 1 aliphatic rings. The van der Waals surface area contributed by atoms with Gasteiger partial charge in [0.2, 0.25) is 0 Å². The van der Waals surface area contributed by atoms with Crippen molar-refractivity contribution in [1.29, 1.82) is 0 Å². The van der Waals surface area contributed by atoms with Crippen LogP contribution in [0.2, 0.25) is 0 Å².